The van der Waals surface area contributed by atoms with Gasteiger partial charge in [-0.2, -0.15) is 0 Å². The van der Waals surface area contributed by atoms with Crippen molar-refractivity contribution in [1.29, 1.82) is 0 Å². The fourth-order valence-corrected chi connectivity index (χ4v) is 7.25. The van der Waals surface area contributed by atoms with Gasteiger partial charge in [-0.1, -0.05) is 67.3 Å². The highest BCUT2D eigenvalue weighted by Crippen LogP contribution is 2.55. The Morgan fingerprint density at radius 1 is 1.05 bits per heavy atom. The number of halogens is 1. The minimum atomic E-state index is -1.17. The van der Waals surface area contributed by atoms with E-state index in [4.69, 9.17) is 16.3 Å². The van der Waals surface area contributed by atoms with Gasteiger partial charge in [-0.25, -0.2) is 0 Å². The molecule has 3 heterocycles. The number of rotatable bonds is 7. The molecule has 2 aromatic rings. The number of nitrogens with one attached hydrogen (secondary N) is 2. The van der Waals surface area contributed by atoms with E-state index < -0.39 is 29.6 Å². The molecule has 2 bridgehead atoms. The molecule has 4 aliphatic rings. The first-order valence-electron chi connectivity index (χ1n) is 14.4. The number of carbonyl (C=O) groups excluding carboxylic acids is 3. The van der Waals surface area contributed by atoms with Gasteiger partial charge in [-0.15, -0.1) is 0 Å². The largest absolute Gasteiger partial charge is 0.359 e. The second kappa shape index (κ2) is 10.7. The van der Waals surface area contributed by atoms with Gasteiger partial charge in [-0.05, 0) is 68.0 Å². The van der Waals surface area contributed by atoms with Crippen molar-refractivity contribution in [3.8, 4) is 0 Å². The van der Waals surface area contributed by atoms with Crippen LogP contribution in [-0.2, 0) is 25.5 Å². The summed E-state index contributed by atoms with van der Waals surface area (Å²) in [5, 5.41) is 6.87. The van der Waals surface area contributed by atoms with Crippen molar-refractivity contribution >= 4 is 35.0 Å². The number of hydrogen-bond donors (Lipinski definition) is 2. The van der Waals surface area contributed by atoms with Gasteiger partial charge in [0.2, 0.25) is 17.7 Å². The van der Waals surface area contributed by atoms with Crippen molar-refractivity contribution in [3.63, 3.8) is 0 Å². The van der Waals surface area contributed by atoms with Crippen LogP contribution in [0.15, 0.2) is 54.6 Å². The van der Waals surface area contributed by atoms with Gasteiger partial charge in [0.05, 0.1) is 17.9 Å². The van der Waals surface area contributed by atoms with E-state index in [0.29, 0.717) is 23.7 Å². The topological polar surface area (TPSA) is 87.7 Å². The Morgan fingerprint density at radius 3 is 2.58 bits per heavy atom. The van der Waals surface area contributed by atoms with Gasteiger partial charge in [0.15, 0.2) is 0 Å². The first-order valence-corrected chi connectivity index (χ1v) is 14.8. The highest BCUT2D eigenvalue weighted by Gasteiger charge is 2.72. The number of benzene rings is 2. The van der Waals surface area contributed by atoms with Gasteiger partial charge in [-0.3, -0.25) is 14.4 Å². The molecule has 1 spiro atoms. The molecule has 8 heteroatoms. The second-order valence-electron chi connectivity index (χ2n) is 11.7. The molecular weight excluding hydrogens is 526 g/mol. The Labute approximate surface area is 240 Å². The first kappa shape index (κ1) is 27.0. The lowest BCUT2D eigenvalue weighted by molar-refractivity contribution is -0.141. The van der Waals surface area contributed by atoms with Crippen molar-refractivity contribution in [2.75, 3.05) is 11.9 Å². The molecule has 2 aromatic carbocycles. The lowest BCUT2D eigenvalue weighted by Crippen LogP contribution is -2.56. The molecule has 2 saturated heterocycles. The molecule has 1 aliphatic carbocycles. The summed E-state index contributed by atoms with van der Waals surface area (Å²) in [4.78, 5) is 43.5. The number of likely N-dealkylation sites (tertiary alicyclic amines) is 1. The van der Waals surface area contributed by atoms with Crippen LogP contribution in [-0.4, -0.2) is 53.0 Å². The predicted octanol–water partition coefficient (Wildman–Crippen LogP) is 4.74. The molecule has 0 aromatic heterocycles. The lowest BCUT2D eigenvalue weighted by Gasteiger charge is -2.34. The van der Waals surface area contributed by atoms with E-state index in [1.54, 1.807) is 4.90 Å². The van der Waals surface area contributed by atoms with E-state index in [1.807, 2.05) is 68.5 Å². The quantitative estimate of drug-likeness (QED) is 0.478. The molecule has 3 amide bonds. The van der Waals surface area contributed by atoms with Gasteiger partial charge in [0.25, 0.3) is 0 Å². The minimum absolute atomic E-state index is 0.0867. The lowest BCUT2D eigenvalue weighted by atomic mass is 9.74. The normalized spacial score (nSPS) is 29.1. The van der Waals surface area contributed by atoms with Crippen LogP contribution in [0.2, 0.25) is 5.02 Å². The van der Waals surface area contributed by atoms with Gasteiger partial charge in [0.1, 0.15) is 11.6 Å². The van der Waals surface area contributed by atoms with E-state index in [-0.39, 0.29) is 23.8 Å². The third kappa shape index (κ3) is 4.63. The van der Waals surface area contributed by atoms with E-state index in [9.17, 15) is 14.4 Å². The van der Waals surface area contributed by atoms with Gasteiger partial charge >= 0.3 is 0 Å². The maximum Gasteiger partial charge on any atom is 0.246 e. The van der Waals surface area contributed by atoms with Crippen LogP contribution in [0.5, 0.6) is 0 Å². The van der Waals surface area contributed by atoms with Crippen LogP contribution in [0.4, 0.5) is 5.69 Å². The number of carbonyl (C=O) groups is 3. The van der Waals surface area contributed by atoms with Crippen LogP contribution in [0.3, 0.4) is 0 Å². The van der Waals surface area contributed by atoms with Crippen LogP contribution < -0.4 is 10.6 Å². The van der Waals surface area contributed by atoms with Gasteiger partial charge < -0.3 is 20.3 Å². The Hall–Kier alpha value is -3.16. The number of amides is 3. The molecule has 0 radical (unpaired) electrons. The van der Waals surface area contributed by atoms with Crippen molar-refractivity contribution in [3.05, 3.63) is 76.3 Å². The van der Waals surface area contributed by atoms with Crippen molar-refractivity contribution in [1.82, 2.24) is 10.2 Å². The second-order valence-corrected chi connectivity index (χ2v) is 12.1. The number of fused-ring (bicyclic) bond motifs is 1. The molecule has 210 valence electrons. The predicted molar refractivity (Wildman–Crippen MR) is 154 cm³/mol. The molecular formula is C32H36ClN3O4. The highest BCUT2D eigenvalue weighted by atomic mass is 35.5. The van der Waals surface area contributed by atoms with Crippen LogP contribution in [0, 0.1) is 25.7 Å². The van der Waals surface area contributed by atoms with Crippen LogP contribution in [0.25, 0.3) is 0 Å². The zero-order valence-corrected chi connectivity index (χ0v) is 23.7. The molecule has 40 heavy (non-hydrogen) atoms. The SMILES string of the molecule is Cc1ccc(NC(=O)[C@@H]2[C@@H]3C=C[C@]4(O3)[C@@H]2C(=O)N(CCc2ccccc2Cl)[C@@H]4C(=O)NC2CCCCC2)cc1C. The van der Waals surface area contributed by atoms with E-state index >= 15 is 0 Å². The summed E-state index contributed by atoms with van der Waals surface area (Å²) in [6, 6.07) is 12.5. The number of hydrogen-bond acceptors (Lipinski definition) is 4. The summed E-state index contributed by atoms with van der Waals surface area (Å²) < 4.78 is 6.48. The summed E-state index contributed by atoms with van der Waals surface area (Å²) in [6.07, 6.45) is 8.86. The zero-order chi connectivity index (χ0) is 28.0. The number of anilines is 1. The van der Waals surface area contributed by atoms with Crippen molar-refractivity contribution in [2.45, 2.75) is 76.2 Å². The number of aryl methyl sites for hydroxylation is 2. The molecule has 1 saturated carbocycles. The van der Waals surface area contributed by atoms with E-state index in [1.165, 1.54) is 6.42 Å². The van der Waals surface area contributed by atoms with Crippen LogP contribution >= 0.6 is 11.6 Å². The smallest absolute Gasteiger partial charge is 0.246 e. The summed E-state index contributed by atoms with van der Waals surface area (Å²) in [5.41, 5.74) is 2.62. The fraction of sp³-hybridized carbons (Fsp3) is 0.469. The Balaban J connectivity index is 1.30. The Bertz CT molecular complexity index is 1370. The molecule has 5 atom stereocenters. The molecule has 0 unspecified atom stereocenters. The fourth-order valence-electron chi connectivity index (χ4n) is 7.02. The van der Waals surface area contributed by atoms with E-state index in [2.05, 4.69) is 10.6 Å². The molecule has 3 fully saturated rings. The maximum atomic E-state index is 14.2. The number of nitrogens with zero attached hydrogens (tertiary/aromatic N) is 1. The average molecular weight is 562 g/mol. The number of ether oxygens (including phenoxy) is 1. The standard InChI is InChI=1S/C32H36ClN3O4/c1-19-12-13-23(18-20(19)2)35-29(37)26-25-14-16-32(40-25)27(26)31(39)36(17-15-21-8-6-7-11-24(21)33)28(32)30(38)34-22-9-4-3-5-10-22/h6-8,11-14,16,18,22,25-28H,3-5,9-10,15,17H2,1-2H3,(H,34,38)(H,35,37)/t25-,26+,27-,28+,32-/m0/s1. The van der Waals surface area contributed by atoms with Crippen molar-refractivity contribution < 1.29 is 19.1 Å². The molecule has 3 aliphatic heterocycles. The summed E-state index contributed by atoms with van der Waals surface area (Å²) in [5.74, 6) is -2.20. The molecule has 2 N–H and O–H groups in total. The summed E-state index contributed by atoms with van der Waals surface area (Å²) in [7, 11) is 0. The maximum absolute atomic E-state index is 14.2. The van der Waals surface area contributed by atoms with Crippen molar-refractivity contribution in [2.24, 2.45) is 11.8 Å². The average Bonchev–Trinajstić information content (AvgIpc) is 3.58. The minimum Gasteiger partial charge on any atom is -0.359 e. The summed E-state index contributed by atoms with van der Waals surface area (Å²) in [6.45, 7) is 4.32. The molecule has 7 nitrogen and oxygen atoms in total. The Kier molecular flexibility index (Phi) is 7.21. The third-order valence-corrected chi connectivity index (χ3v) is 9.60. The third-order valence-electron chi connectivity index (χ3n) is 9.23. The highest BCUT2D eigenvalue weighted by molar-refractivity contribution is 6.31. The monoisotopic (exact) mass is 561 g/mol. The van der Waals surface area contributed by atoms with E-state index in [0.717, 1.165) is 42.4 Å². The van der Waals surface area contributed by atoms with Gasteiger partial charge in [0, 0.05) is 23.3 Å². The van der Waals surface area contributed by atoms with Crippen LogP contribution in [0.1, 0.15) is 48.8 Å². The Morgan fingerprint density at radius 2 is 1.82 bits per heavy atom. The summed E-state index contributed by atoms with van der Waals surface area (Å²) >= 11 is 6.42. The zero-order valence-electron chi connectivity index (χ0n) is 23.0. The first-order chi connectivity index (χ1) is 19.3. The molecule has 6 rings (SSSR count).